The van der Waals surface area contributed by atoms with Crippen molar-refractivity contribution in [2.75, 3.05) is 24.7 Å². The summed E-state index contributed by atoms with van der Waals surface area (Å²) in [6.45, 7) is -1.21. The number of hydrogen-bond donors (Lipinski definition) is 9. The molecule has 0 aliphatic carbocycles. The van der Waals surface area contributed by atoms with Crippen LogP contribution in [0.3, 0.4) is 0 Å². The van der Waals surface area contributed by atoms with Gasteiger partial charge in [0.15, 0.2) is 5.25 Å². The van der Waals surface area contributed by atoms with E-state index in [1.54, 1.807) is 0 Å². The number of hydrogen-bond acceptors (Lipinski definition) is 9. The third-order valence-electron chi connectivity index (χ3n) is 3.83. The quantitative estimate of drug-likeness (QED) is 0.185. The third-order valence-corrected chi connectivity index (χ3v) is 6.65. The van der Waals surface area contributed by atoms with E-state index < -0.39 is 72.1 Å². The van der Waals surface area contributed by atoms with Crippen molar-refractivity contribution in [3.63, 3.8) is 0 Å². The summed E-state index contributed by atoms with van der Waals surface area (Å²) in [5, 5.41) is 84.7. The van der Waals surface area contributed by atoms with Crippen LogP contribution >= 0.6 is 0 Å². The minimum absolute atomic E-state index is 0. The maximum atomic E-state index is 9.93. The standard InChI is InChI=1S/C12H25O9S.ClH/c13-1-5(15)10(19)12(21)11(20)7(17)4-22-3-6(16)9(18)8(22)2-14;/h5-21H,1-4H2;1H/q+1;/p-1/t5-,6+,7+,8+,9-,10-,11+,12+,22?;/m0./s1. The molecule has 0 aromatic heterocycles. The minimum Gasteiger partial charge on any atom is -1.00 e. The molecular weight excluding hydrogens is 356 g/mol. The van der Waals surface area contributed by atoms with Crippen LogP contribution in [0.25, 0.3) is 0 Å². The first-order valence-electron chi connectivity index (χ1n) is 6.89. The third kappa shape index (κ3) is 5.65. The molecule has 1 unspecified atom stereocenters. The van der Waals surface area contributed by atoms with Gasteiger partial charge in [0.1, 0.15) is 54.2 Å². The van der Waals surface area contributed by atoms with Crippen molar-refractivity contribution in [2.24, 2.45) is 0 Å². The van der Waals surface area contributed by atoms with Crippen LogP contribution in [-0.4, -0.2) is 119 Å². The molecule has 11 heteroatoms. The predicted octanol–water partition coefficient (Wildman–Crippen LogP) is -8.50. The van der Waals surface area contributed by atoms with Crippen LogP contribution in [0.1, 0.15) is 0 Å². The fourth-order valence-electron chi connectivity index (χ4n) is 2.37. The van der Waals surface area contributed by atoms with Crippen LogP contribution in [0.2, 0.25) is 0 Å². The molecule has 0 saturated carbocycles. The average molecular weight is 381 g/mol. The van der Waals surface area contributed by atoms with Crippen LogP contribution in [0.15, 0.2) is 0 Å². The molecule has 9 nitrogen and oxygen atoms in total. The lowest BCUT2D eigenvalue weighted by atomic mass is 10.0. The van der Waals surface area contributed by atoms with Crippen molar-refractivity contribution in [3.8, 4) is 0 Å². The second kappa shape index (κ2) is 10.3. The van der Waals surface area contributed by atoms with Gasteiger partial charge in [-0.3, -0.25) is 0 Å². The van der Waals surface area contributed by atoms with Crippen LogP contribution in [0.5, 0.6) is 0 Å². The number of aliphatic hydroxyl groups excluding tert-OH is 9. The van der Waals surface area contributed by atoms with Crippen molar-refractivity contribution in [2.45, 2.75) is 48.0 Å². The Morgan fingerprint density at radius 2 is 1.39 bits per heavy atom. The Balaban J connectivity index is 0.00000484. The summed E-state index contributed by atoms with van der Waals surface area (Å²) in [4.78, 5) is 0. The molecule has 23 heavy (non-hydrogen) atoms. The largest absolute Gasteiger partial charge is 1.00 e. The molecule has 1 fully saturated rings. The Bertz CT molecular complexity index is 340. The fraction of sp³-hybridized carbons (Fsp3) is 1.00. The predicted molar refractivity (Wildman–Crippen MR) is 77.1 cm³/mol. The zero-order valence-electron chi connectivity index (χ0n) is 12.3. The van der Waals surface area contributed by atoms with E-state index in [2.05, 4.69) is 0 Å². The zero-order valence-corrected chi connectivity index (χ0v) is 13.8. The van der Waals surface area contributed by atoms with Crippen LogP contribution < -0.4 is 12.4 Å². The molecule has 0 aromatic carbocycles. The summed E-state index contributed by atoms with van der Waals surface area (Å²) >= 11 is 0. The second-order valence-corrected chi connectivity index (χ2v) is 7.79. The second-order valence-electron chi connectivity index (χ2n) is 5.44. The molecule has 0 amide bonds. The molecule has 9 N–H and O–H groups in total. The topological polar surface area (TPSA) is 182 Å². The summed E-state index contributed by atoms with van der Waals surface area (Å²) in [6, 6.07) is 0. The molecular formula is C12H25ClO9S. The highest BCUT2D eigenvalue weighted by atomic mass is 35.5. The molecule has 140 valence electrons. The Labute approximate surface area is 142 Å². The van der Waals surface area contributed by atoms with E-state index in [0.29, 0.717) is 0 Å². The van der Waals surface area contributed by atoms with Crippen molar-refractivity contribution in [1.29, 1.82) is 0 Å². The Kier molecular flexibility index (Phi) is 10.4. The fourth-order valence-corrected chi connectivity index (χ4v) is 5.06. The Morgan fingerprint density at radius 3 is 1.87 bits per heavy atom. The molecule has 0 aromatic rings. The molecule has 0 spiro atoms. The summed E-state index contributed by atoms with van der Waals surface area (Å²) in [6.07, 6.45) is -10.8. The Hall–Kier alpha value is 0.280. The lowest BCUT2D eigenvalue weighted by Crippen LogP contribution is -3.00. The van der Waals surface area contributed by atoms with Gasteiger partial charge >= 0.3 is 0 Å². The summed E-state index contributed by atoms with van der Waals surface area (Å²) < 4.78 is 0. The van der Waals surface area contributed by atoms with Crippen molar-refractivity contribution in [1.82, 2.24) is 0 Å². The maximum Gasteiger partial charge on any atom is 0.169 e. The van der Waals surface area contributed by atoms with E-state index in [9.17, 15) is 40.9 Å². The Morgan fingerprint density at radius 1 is 0.870 bits per heavy atom. The van der Waals surface area contributed by atoms with Crippen LogP contribution in [0, 0.1) is 0 Å². The summed E-state index contributed by atoms with van der Waals surface area (Å²) in [5.41, 5.74) is 0. The van der Waals surface area contributed by atoms with Gasteiger partial charge in [-0.1, -0.05) is 0 Å². The van der Waals surface area contributed by atoms with Gasteiger partial charge in [-0.05, 0) is 0 Å². The van der Waals surface area contributed by atoms with Gasteiger partial charge in [-0.2, -0.15) is 0 Å². The maximum absolute atomic E-state index is 9.93. The zero-order chi connectivity index (χ0) is 17.0. The molecule has 1 aliphatic heterocycles. The van der Waals surface area contributed by atoms with Crippen molar-refractivity contribution >= 4 is 10.9 Å². The summed E-state index contributed by atoms with van der Waals surface area (Å²) in [5.74, 6) is 0.0492. The number of aliphatic hydroxyl groups is 9. The minimum atomic E-state index is -1.88. The van der Waals surface area contributed by atoms with Gasteiger partial charge in [0.05, 0.1) is 13.2 Å². The highest BCUT2D eigenvalue weighted by Gasteiger charge is 2.51. The highest BCUT2D eigenvalue weighted by Crippen LogP contribution is 2.25. The van der Waals surface area contributed by atoms with E-state index in [1.165, 1.54) is 0 Å². The van der Waals surface area contributed by atoms with Gasteiger partial charge in [0.25, 0.3) is 0 Å². The normalized spacial score (nSPS) is 34.3. The molecule has 1 heterocycles. The van der Waals surface area contributed by atoms with Crippen molar-refractivity contribution in [3.05, 3.63) is 0 Å². The molecule has 1 aliphatic rings. The molecule has 1 rings (SSSR count). The molecule has 0 radical (unpaired) electrons. The first kappa shape index (κ1) is 23.3. The lowest BCUT2D eigenvalue weighted by Gasteiger charge is -2.28. The monoisotopic (exact) mass is 380 g/mol. The van der Waals surface area contributed by atoms with E-state index >= 15 is 0 Å². The first-order chi connectivity index (χ1) is 10.2. The summed E-state index contributed by atoms with van der Waals surface area (Å²) in [7, 11) is -0.783. The van der Waals surface area contributed by atoms with E-state index in [-0.39, 0.29) is 23.9 Å². The van der Waals surface area contributed by atoms with Gasteiger partial charge in [-0.15, -0.1) is 0 Å². The molecule has 1 saturated heterocycles. The van der Waals surface area contributed by atoms with Gasteiger partial charge < -0.3 is 58.4 Å². The van der Waals surface area contributed by atoms with E-state index in [1.807, 2.05) is 0 Å². The smallest absolute Gasteiger partial charge is 0.169 e. The SMILES string of the molecule is OC[C@@H]1[C@@H](O)[C@H](O)C[S+]1C[C@@H](O)[C@@H](O)[C@H](O)[C@@H](O)[C@@H](O)CO.[Cl-]. The first-order valence-corrected chi connectivity index (χ1v) is 8.51. The lowest BCUT2D eigenvalue weighted by molar-refractivity contribution is -0.136. The van der Waals surface area contributed by atoms with Crippen LogP contribution in [0.4, 0.5) is 0 Å². The number of rotatable bonds is 8. The van der Waals surface area contributed by atoms with Gasteiger partial charge in [-0.25, -0.2) is 0 Å². The van der Waals surface area contributed by atoms with Crippen LogP contribution in [-0.2, 0) is 10.9 Å². The van der Waals surface area contributed by atoms with E-state index in [0.717, 1.165) is 0 Å². The van der Waals surface area contributed by atoms with Crippen molar-refractivity contribution < 1.29 is 58.4 Å². The molecule has 0 bridgehead atoms. The average Bonchev–Trinajstić information content (AvgIpc) is 2.77. The van der Waals surface area contributed by atoms with Gasteiger partial charge in [0.2, 0.25) is 0 Å². The number of halogens is 1. The molecule has 9 atom stereocenters. The van der Waals surface area contributed by atoms with E-state index in [4.69, 9.17) is 5.11 Å². The van der Waals surface area contributed by atoms with Gasteiger partial charge in [0, 0.05) is 10.9 Å². The highest BCUT2D eigenvalue weighted by molar-refractivity contribution is 7.97.